The highest BCUT2D eigenvalue weighted by molar-refractivity contribution is 5.89. The molecule has 0 amide bonds. The fourth-order valence-corrected chi connectivity index (χ4v) is 4.04. The molecule has 1 atom stereocenters. The molecule has 2 heterocycles. The molecule has 1 saturated carbocycles. The Morgan fingerprint density at radius 1 is 1.19 bits per heavy atom. The zero-order chi connectivity index (χ0) is 26.0. The molecule has 4 rings (SSSR count). The number of likely N-dealkylation sites (N-methyl/N-ethyl adjacent to an activating group) is 1. The Balaban J connectivity index is 1.79. The highest BCUT2D eigenvalue weighted by atomic mass is 19.3. The number of anilines is 2. The van der Waals surface area contributed by atoms with Crippen LogP contribution in [0.5, 0.6) is 5.88 Å². The number of alkyl halides is 2. The van der Waals surface area contributed by atoms with Gasteiger partial charge >= 0.3 is 0 Å². The number of halogens is 3. The fraction of sp³-hybridized carbons (Fsp3) is 0.440. The molecule has 3 aromatic rings. The van der Waals surface area contributed by atoms with Crippen LogP contribution < -0.4 is 15.4 Å². The van der Waals surface area contributed by atoms with Crippen LogP contribution in [0.3, 0.4) is 0 Å². The Kier molecular flexibility index (Phi) is 7.17. The molecular weight excluding hydrogens is 471 g/mol. The van der Waals surface area contributed by atoms with Crippen molar-refractivity contribution in [1.29, 1.82) is 5.26 Å². The molecule has 1 aliphatic carbocycles. The monoisotopic (exact) mass is 499 g/mol. The highest BCUT2D eigenvalue weighted by Crippen LogP contribution is 2.51. The van der Waals surface area contributed by atoms with E-state index < -0.39 is 29.3 Å². The molecule has 190 valence electrons. The van der Waals surface area contributed by atoms with Crippen LogP contribution in [0.4, 0.5) is 24.9 Å². The third kappa shape index (κ3) is 4.99. The summed E-state index contributed by atoms with van der Waals surface area (Å²) in [7, 11) is 5.37. The highest BCUT2D eigenvalue weighted by Gasteiger charge is 2.47. The number of hydrogen-bond donors (Lipinski definition) is 2. The van der Waals surface area contributed by atoms with Crippen LogP contribution in [0, 0.1) is 17.1 Å². The predicted molar refractivity (Wildman–Crippen MR) is 131 cm³/mol. The van der Waals surface area contributed by atoms with Crippen LogP contribution in [-0.4, -0.2) is 54.1 Å². The van der Waals surface area contributed by atoms with Gasteiger partial charge in [0.15, 0.2) is 5.65 Å². The van der Waals surface area contributed by atoms with Gasteiger partial charge < -0.3 is 20.3 Å². The van der Waals surface area contributed by atoms with Crippen LogP contribution in [0.15, 0.2) is 24.3 Å². The minimum Gasteiger partial charge on any atom is -0.481 e. The summed E-state index contributed by atoms with van der Waals surface area (Å²) >= 11 is 0. The van der Waals surface area contributed by atoms with Crippen LogP contribution in [0.2, 0.25) is 0 Å². The van der Waals surface area contributed by atoms with E-state index in [0.717, 1.165) is 12.6 Å². The van der Waals surface area contributed by atoms with Gasteiger partial charge in [-0.3, -0.25) is 0 Å². The molecule has 11 heteroatoms. The predicted octanol–water partition coefficient (Wildman–Crippen LogP) is 4.81. The van der Waals surface area contributed by atoms with E-state index >= 15 is 0 Å². The number of nitrogens with zero attached hydrogens (tertiary/aromatic N) is 5. The van der Waals surface area contributed by atoms with E-state index in [2.05, 4.69) is 31.7 Å². The van der Waals surface area contributed by atoms with Crippen molar-refractivity contribution in [3.63, 3.8) is 0 Å². The maximum Gasteiger partial charge on any atom is 0.266 e. The summed E-state index contributed by atoms with van der Waals surface area (Å²) in [5.74, 6) is -0.0114. The van der Waals surface area contributed by atoms with Crippen molar-refractivity contribution in [3.8, 4) is 11.9 Å². The second-order valence-corrected chi connectivity index (χ2v) is 9.15. The first-order chi connectivity index (χ1) is 17.2. The Hall–Kier alpha value is -3.65. The summed E-state index contributed by atoms with van der Waals surface area (Å²) in [6.45, 7) is 2.95. The van der Waals surface area contributed by atoms with Gasteiger partial charge in [-0.1, -0.05) is 18.2 Å². The van der Waals surface area contributed by atoms with Gasteiger partial charge in [0.25, 0.3) is 6.43 Å². The van der Waals surface area contributed by atoms with Crippen molar-refractivity contribution in [2.24, 2.45) is 0 Å². The van der Waals surface area contributed by atoms with E-state index in [4.69, 9.17) is 4.74 Å². The summed E-state index contributed by atoms with van der Waals surface area (Å²) in [5.41, 5.74) is -0.297. The number of rotatable bonds is 10. The molecular formula is C25H28F3N7O. The fourth-order valence-electron chi connectivity index (χ4n) is 4.04. The largest absolute Gasteiger partial charge is 0.481 e. The molecule has 2 N–H and O–H groups in total. The topological polar surface area (TPSA) is 99.0 Å². The van der Waals surface area contributed by atoms with Crippen molar-refractivity contribution < 1.29 is 17.9 Å². The smallest absolute Gasteiger partial charge is 0.266 e. The van der Waals surface area contributed by atoms with Crippen LogP contribution in [0.25, 0.3) is 11.0 Å². The maximum atomic E-state index is 14.9. The van der Waals surface area contributed by atoms with Crippen LogP contribution in [0.1, 0.15) is 48.9 Å². The molecule has 0 unspecified atom stereocenters. The zero-order valence-electron chi connectivity index (χ0n) is 20.6. The number of methoxy groups -OCH3 is 1. The summed E-state index contributed by atoms with van der Waals surface area (Å²) in [6.07, 6.45) is -1.56. The first-order valence-electron chi connectivity index (χ1n) is 11.6. The third-order valence-electron chi connectivity index (χ3n) is 6.28. The molecule has 8 nitrogen and oxygen atoms in total. The Morgan fingerprint density at radius 3 is 2.53 bits per heavy atom. The van der Waals surface area contributed by atoms with E-state index in [1.54, 1.807) is 13.0 Å². The summed E-state index contributed by atoms with van der Waals surface area (Å²) < 4.78 is 46.9. The maximum absolute atomic E-state index is 14.9. The van der Waals surface area contributed by atoms with Crippen molar-refractivity contribution in [2.75, 3.05) is 44.9 Å². The van der Waals surface area contributed by atoms with Crippen molar-refractivity contribution in [3.05, 3.63) is 46.8 Å². The number of benzene rings is 1. The number of ether oxygens (including phenoxy) is 1. The first kappa shape index (κ1) is 25.4. The Labute approximate surface area is 207 Å². The molecule has 0 spiro atoms. The third-order valence-corrected chi connectivity index (χ3v) is 6.28. The lowest BCUT2D eigenvalue weighted by Crippen LogP contribution is -2.22. The van der Waals surface area contributed by atoms with Gasteiger partial charge in [-0.2, -0.15) is 20.2 Å². The Morgan fingerprint density at radius 2 is 1.92 bits per heavy atom. The standard InChI is InChI=1S/C25H28F3N7O/c1-14(15-6-5-7-16(19(15)26)20(27)28)31-21-17-12-18(25(13-29)8-9-25)23(36-4)32-22(17)34-24(33-21)30-10-11-35(2)3/h5-7,12,14,20H,8-11H2,1-4H3,(H2,30,31,32,33,34)/t14-/m1/s1. The second kappa shape index (κ2) is 10.1. The van der Waals surface area contributed by atoms with Gasteiger partial charge in [-0.15, -0.1) is 0 Å². The van der Waals surface area contributed by atoms with Gasteiger partial charge in [0.05, 0.1) is 35.6 Å². The average molecular weight is 500 g/mol. The molecule has 0 bridgehead atoms. The minimum absolute atomic E-state index is 0.0825. The average Bonchev–Trinajstić information content (AvgIpc) is 3.64. The number of nitrogens with one attached hydrogen (secondary N) is 2. The second-order valence-electron chi connectivity index (χ2n) is 9.15. The molecule has 1 aromatic carbocycles. The van der Waals surface area contributed by atoms with E-state index in [0.29, 0.717) is 53.6 Å². The SMILES string of the molecule is COc1nc2nc(NCCN(C)C)nc(N[C@H](C)c3cccc(C(F)F)c3F)c2cc1C1(C#N)CC1. The number of nitriles is 1. The number of fused-ring (bicyclic) bond motifs is 1. The summed E-state index contributed by atoms with van der Waals surface area (Å²) in [6, 6.07) is 7.36. The molecule has 1 fully saturated rings. The molecule has 0 aliphatic heterocycles. The lowest BCUT2D eigenvalue weighted by molar-refractivity contribution is 0.146. The van der Waals surface area contributed by atoms with Crippen molar-refractivity contribution in [1.82, 2.24) is 19.9 Å². The van der Waals surface area contributed by atoms with Crippen molar-refractivity contribution in [2.45, 2.75) is 37.6 Å². The van der Waals surface area contributed by atoms with Gasteiger partial charge in [-0.25, -0.2) is 13.2 Å². The van der Waals surface area contributed by atoms with Gasteiger partial charge in [-0.05, 0) is 39.9 Å². The molecule has 2 aromatic heterocycles. The molecule has 0 radical (unpaired) electrons. The normalized spacial score (nSPS) is 15.1. The van der Waals surface area contributed by atoms with Gasteiger partial charge in [0, 0.05) is 24.2 Å². The van der Waals surface area contributed by atoms with Crippen LogP contribution >= 0.6 is 0 Å². The summed E-state index contributed by atoms with van der Waals surface area (Å²) in [4.78, 5) is 15.7. The minimum atomic E-state index is -2.93. The first-order valence-corrected chi connectivity index (χ1v) is 11.6. The molecule has 1 aliphatic rings. The number of aromatic nitrogens is 3. The quantitative estimate of drug-likeness (QED) is 0.410. The van der Waals surface area contributed by atoms with E-state index in [1.807, 2.05) is 19.0 Å². The lowest BCUT2D eigenvalue weighted by atomic mass is 9.97. The van der Waals surface area contributed by atoms with Crippen LogP contribution in [-0.2, 0) is 5.41 Å². The van der Waals surface area contributed by atoms with E-state index in [1.165, 1.54) is 19.2 Å². The Bertz CT molecular complexity index is 1310. The molecule has 0 saturated heterocycles. The molecule has 36 heavy (non-hydrogen) atoms. The van der Waals surface area contributed by atoms with Gasteiger partial charge in [0.2, 0.25) is 11.8 Å². The van der Waals surface area contributed by atoms with Gasteiger partial charge in [0.1, 0.15) is 11.6 Å². The zero-order valence-corrected chi connectivity index (χ0v) is 20.6. The van der Waals surface area contributed by atoms with Crippen molar-refractivity contribution >= 4 is 22.8 Å². The number of hydrogen-bond acceptors (Lipinski definition) is 8. The van der Waals surface area contributed by atoms with E-state index in [9.17, 15) is 18.4 Å². The van der Waals surface area contributed by atoms with E-state index in [-0.39, 0.29) is 5.56 Å². The number of pyridine rings is 1. The summed E-state index contributed by atoms with van der Waals surface area (Å²) in [5, 5.41) is 16.6. The lowest BCUT2D eigenvalue weighted by Gasteiger charge is -2.20.